The summed E-state index contributed by atoms with van der Waals surface area (Å²) in [7, 11) is 0. The van der Waals surface area contributed by atoms with E-state index < -0.39 is 5.97 Å². The van der Waals surface area contributed by atoms with E-state index in [2.05, 4.69) is 19.2 Å². The number of hydrogen-bond donors (Lipinski definition) is 2. The van der Waals surface area contributed by atoms with E-state index in [-0.39, 0.29) is 22.9 Å². The predicted molar refractivity (Wildman–Crippen MR) is 115 cm³/mol. The van der Waals surface area contributed by atoms with Crippen LogP contribution in [0.5, 0.6) is 0 Å². The number of anilines is 1. The average Bonchev–Trinajstić information content (AvgIpc) is 2.70. The van der Waals surface area contributed by atoms with Crippen molar-refractivity contribution >= 4 is 29.1 Å². The van der Waals surface area contributed by atoms with Crippen LogP contribution in [0.4, 0.5) is 5.69 Å². The number of ether oxygens (including phenoxy) is 1. The van der Waals surface area contributed by atoms with Gasteiger partial charge in [-0.25, -0.2) is 9.59 Å². The summed E-state index contributed by atoms with van der Waals surface area (Å²) < 4.78 is 5.06. The molecule has 0 spiro atoms. The summed E-state index contributed by atoms with van der Waals surface area (Å²) in [6.07, 6.45) is 3.14. The Morgan fingerprint density at radius 1 is 1.10 bits per heavy atom. The number of carboxylic acids is 1. The second-order valence-corrected chi connectivity index (χ2v) is 7.90. The zero-order chi connectivity index (χ0) is 21.9. The molecule has 0 saturated carbocycles. The summed E-state index contributed by atoms with van der Waals surface area (Å²) in [5.41, 5.74) is 3.89. The highest BCUT2D eigenvalue weighted by molar-refractivity contribution is 6.05. The van der Waals surface area contributed by atoms with Gasteiger partial charge in [0.15, 0.2) is 0 Å². The maximum Gasteiger partial charge on any atom is 0.335 e. The van der Waals surface area contributed by atoms with Gasteiger partial charge in [-0.1, -0.05) is 19.9 Å². The Kier molecular flexibility index (Phi) is 6.06. The van der Waals surface area contributed by atoms with Crippen LogP contribution in [0, 0.1) is 0 Å². The number of nitrogens with one attached hydrogen (secondary N) is 1. The Hall–Kier alpha value is -3.41. The minimum absolute atomic E-state index is 0.0665. The number of benzene rings is 2. The third kappa shape index (κ3) is 4.59. The molecule has 6 heteroatoms. The maximum atomic E-state index is 12.8. The van der Waals surface area contributed by atoms with Gasteiger partial charge in [-0.05, 0) is 78.3 Å². The molecule has 0 unspecified atom stereocenters. The smallest absolute Gasteiger partial charge is 0.335 e. The zero-order valence-corrected chi connectivity index (χ0v) is 17.3. The summed E-state index contributed by atoms with van der Waals surface area (Å²) in [6.45, 7) is 6.37. The first-order valence-electron chi connectivity index (χ1n) is 9.88. The largest absolute Gasteiger partial charge is 0.478 e. The Morgan fingerprint density at radius 2 is 1.77 bits per heavy atom. The quantitative estimate of drug-likeness (QED) is 0.556. The number of hydrogen-bond acceptors (Lipinski definition) is 4. The van der Waals surface area contributed by atoms with Crippen molar-refractivity contribution in [1.82, 2.24) is 0 Å². The molecular formula is C24H25NO5. The number of aromatic carboxylic acids is 1. The molecular weight excluding hydrogens is 382 g/mol. The molecule has 0 radical (unpaired) electrons. The Morgan fingerprint density at radius 3 is 2.40 bits per heavy atom. The Bertz CT molecular complexity index is 1020. The Labute approximate surface area is 175 Å². The van der Waals surface area contributed by atoms with Crippen LogP contribution < -0.4 is 5.32 Å². The summed E-state index contributed by atoms with van der Waals surface area (Å²) in [6, 6.07) is 11.5. The van der Waals surface area contributed by atoms with E-state index in [9.17, 15) is 14.4 Å². The van der Waals surface area contributed by atoms with Crippen LogP contribution in [0.25, 0.3) is 5.57 Å². The van der Waals surface area contributed by atoms with Gasteiger partial charge >= 0.3 is 11.9 Å². The third-order valence-electron chi connectivity index (χ3n) is 5.34. The van der Waals surface area contributed by atoms with Crippen molar-refractivity contribution < 1.29 is 24.2 Å². The van der Waals surface area contributed by atoms with Gasteiger partial charge in [0.2, 0.25) is 0 Å². The lowest BCUT2D eigenvalue weighted by Gasteiger charge is -2.34. The standard InChI is InChI=1S/C24H25NO5/c1-4-30-21(26)14-16-11-12-24(2,3)20-10-7-17(13-19(16)20)22(27)25-18-8-5-15(6-9-18)23(28)29/h5-10,13-14H,4,11-12H2,1-3H3,(H,25,27)(H,28,29)/b16-14+. The van der Waals surface area contributed by atoms with Gasteiger partial charge in [-0.15, -0.1) is 0 Å². The number of amides is 1. The van der Waals surface area contributed by atoms with E-state index in [4.69, 9.17) is 9.84 Å². The number of carbonyl (C=O) groups is 3. The van der Waals surface area contributed by atoms with Gasteiger partial charge in [0.1, 0.15) is 0 Å². The number of allylic oxidation sites excluding steroid dienone is 1. The van der Waals surface area contributed by atoms with E-state index in [0.717, 1.165) is 29.5 Å². The third-order valence-corrected chi connectivity index (χ3v) is 5.34. The number of fused-ring (bicyclic) bond motifs is 1. The van der Waals surface area contributed by atoms with Crippen molar-refractivity contribution in [3.05, 3.63) is 70.8 Å². The molecule has 0 atom stereocenters. The molecule has 2 aromatic rings. The molecule has 2 N–H and O–H groups in total. The molecule has 3 rings (SSSR count). The van der Waals surface area contributed by atoms with Crippen molar-refractivity contribution in [2.75, 3.05) is 11.9 Å². The van der Waals surface area contributed by atoms with Crippen LogP contribution >= 0.6 is 0 Å². The van der Waals surface area contributed by atoms with Gasteiger partial charge < -0.3 is 15.2 Å². The van der Waals surface area contributed by atoms with Crippen molar-refractivity contribution in [3.8, 4) is 0 Å². The maximum absolute atomic E-state index is 12.8. The summed E-state index contributed by atoms with van der Waals surface area (Å²) in [5, 5.41) is 11.8. The minimum Gasteiger partial charge on any atom is -0.478 e. The summed E-state index contributed by atoms with van der Waals surface area (Å²) in [5.74, 6) is -1.71. The van der Waals surface area contributed by atoms with Gasteiger partial charge in [-0.2, -0.15) is 0 Å². The first kappa shape index (κ1) is 21.3. The van der Waals surface area contributed by atoms with Gasteiger partial charge in [-0.3, -0.25) is 4.79 Å². The second kappa shape index (κ2) is 8.53. The van der Waals surface area contributed by atoms with Gasteiger partial charge in [0, 0.05) is 17.3 Å². The lowest BCUT2D eigenvalue weighted by Crippen LogP contribution is -2.24. The lowest BCUT2D eigenvalue weighted by atomic mass is 9.70. The first-order valence-corrected chi connectivity index (χ1v) is 9.88. The monoisotopic (exact) mass is 407 g/mol. The first-order chi connectivity index (χ1) is 14.2. The van der Waals surface area contributed by atoms with Gasteiger partial charge in [0.05, 0.1) is 12.2 Å². The van der Waals surface area contributed by atoms with E-state index in [1.807, 2.05) is 12.1 Å². The second-order valence-electron chi connectivity index (χ2n) is 7.90. The lowest BCUT2D eigenvalue weighted by molar-refractivity contribution is -0.137. The predicted octanol–water partition coefficient (Wildman–Crippen LogP) is 4.66. The molecule has 1 amide bonds. The normalized spacial score (nSPS) is 15.9. The highest BCUT2D eigenvalue weighted by atomic mass is 16.5. The fraction of sp³-hybridized carbons (Fsp3) is 0.292. The molecule has 0 saturated heterocycles. The molecule has 0 fully saturated rings. The van der Waals surface area contributed by atoms with Crippen LogP contribution in [0.1, 0.15) is 65.5 Å². The van der Waals surface area contributed by atoms with E-state index >= 15 is 0 Å². The van der Waals surface area contributed by atoms with Crippen molar-refractivity contribution in [2.24, 2.45) is 0 Å². The highest BCUT2D eigenvalue weighted by Gasteiger charge is 2.30. The molecule has 0 aromatic heterocycles. The highest BCUT2D eigenvalue weighted by Crippen LogP contribution is 2.42. The molecule has 156 valence electrons. The SMILES string of the molecule is CCOC(=O)/C=C1\CCC(C)(C)c2ccc(C(=O)Nc3ccc(C(=O)O)cc3)cc21. The molecule has 2 aromatic carbocycles. The zero-order valence-electron chi connectivity index (χ0n) is 17.3. The number of rotatable bonds is 5. The molecule has 1 aliphatic carbocycles. The summed E-state index contributed by atoms with van der Waals surface area (Å²) in [4.78, 5) is 35.7. The van der Waals surface area contributed by atoms with Crippen LogP contribution in [0.3, 0.4) is 0 Å². The molecule has 6 nitrogen and oxygen atoms in total. The van der Waals surface area contributed by atoms with E-state index in [0.29, 0.717) is 17.9 Å². The molecule has 30 heavy (non-hydrogen) atoms. The van der Waals surface area contributed by atoms with Crippen LogP contribution in [-0.4, -0.2) is 29.6 Å². The number of esters is 1. The molecule has 0 bridgehead atoms. The van der Waals surface area contributed by atoms with E-state index in [1.165, 1.54) is 18.2 Å². The van der Waals surface area contributed by atoms with Crippen LogP contribution in [0.15, 0.2) is 48.5 Å². The number of carboxylic acid groups (broad SMARTS) is 1. The molecule has 1 aliphatic rings. The Balaban J connectivity index is 1.91. The van der Waals surface area contributed by atoms with Crippen LogP contribution in [-0.2, 0) is 14.9 Å². The van der Waals surface area contributed by atoms with Crippen LogP contribution in [0.2, 0.25) is 0 Å². The topological polar surface area (TPSA) is 92.7 Å². The van der Waals surface area contributed by atoms with Crippen molar-refractivity contribution in [2.45, 2.75) is 39.0 Å². The van der Waals surface area contributed by atoms with Crippen molar-refractivity contribution in [3.63, 3.8) is 0 Å². The number of carbonyl (C=O) groups excluding carboxylic acids is 2. The molecule has 0 aliphatic heterocycles. The fourth-order valence-corrected chi connectivity index (χ4v) is 3.63. The average molecular weight is 407 g/mol. The fourth-order valence-electron chi connectivity index (χ4n) is 3.63. The van der Waals surface area contributed by atoms with Gasteiger partial charge in [0.25, 0.3) is 5.91 Å². The van der Waals surface area contributed by atoms with Crippen molar-refractivity contribution in [1.29, 1.82) is 0 Å². The van der Waals surface area contributed by atoms with E-state index in [1.54, 1.807) is 25.1 Å². The summed E-state index contributed by atoms with van der Waals surface area (Å²) >= 11 is 0. The minimum atomic E-state index is -1.02. The molecule has 0 heterocycles.